The molecule has 0 fully saturated rings. The average molecular weight is 312 g/mol. The van der Waals surface area contributed by atoms with Crippen molar-refractivity contribution in [1.82, 2.24) is 0 Å². The van der Waals surface area contributed by atoms with Crippen molar-refractivity contribution in [3.8, 4) is 5.75 Å². The lowest BCUT2D eigenvalue weighted by atomic mass is 9.99. The number of rotatable bonds is 3. The molecule has 1 aromatic carbocycles. The fraction of sp³-hybridized carbons (Fsp3) is 0.231. The molecule has 17 heavy (non-hydrogen) atoms. The lowest BCUT2D eigenvalue weighted by molar-refractivity contribution is 0.407. The second-order valence-electron chi connectivity index (χ2n) is 3.80. The Hall–Kier alpha value is -0.840. The van der Waals surface area contributed by atoms with E-state index in [0.717, 1.165) is 21.3 Å². The summed E-state index contributed by atoms with van der Waals surface area (Å²) in [4.78, 5) is 1.25. The zero-order valence-corrected chi connectivity index (χ0v) is 12.1. The highest BCUT2D eigenvalue weighted by molar-refractivity contribution is 9.10. The van der Waals surface area contributed by atoms with Gasteiger partial charge in [0.25, 0.3) is 0 Å². The molecular weight excluding hydrogens is 298 g/mol. The Labute approximate surface area is 114 Å². The molecular formula is C13H14BrNOS. The molecule has 4 heteroatoms. The van der Waals surface area contributed by atoms with Gasteiger partial charge in [-0.2, -0.15) is 0 Å². The summed E-state index contributed by atoms with van der Waals surface area (Å²) in [6, 6.07) is 7.87. The van der Waals surface area contributed by atoms with E-state index in [1.165, 1.54) is 4.88 Å². The Bertz CT molecular complexity index is 524. The number of thiophene rings is 1. The van der Waals surface area contributed by atoms with Gasteiger partial charge in [0.1, 0.15) is 5.75 Å². The number of hydrogen-bond acceptors (Lipinski definition) is 3. The van der Waals surface area contributed by atoms with Gasteiger partial charge in [0.2, 0.25) is 0 Å². The van der Waals surface area contributed by atoms with Crippen molar-refractivity contribution in [2.45, 2.75) is 13.0 Å². The minimum Gasteiger partial charge on any atom is -0.496 e. The van der Waals surface area contributed by atoms with Crippen LogP contribution in [0.1, 0.15) is 22.0 Å². The summed E-state index contributed by atoms with van der Waals surface area (Å²) in [5.41, 5.74) is 8.47. The summed E-state index contributed by atoms with van der Waals surface area (Å²) >= 11 is 5.14. The van der Waals surface area contributed by atoms with Crippen LogP contribution in [-0.2, 0) is 0 Å². The number of ether oxygens (including phenoxy) is 1. The number of benzene rings is 1. The third kappa shape index (κ3) is 2.54. The van der Waals surface area contributed by atoms with Gasteiger partial charge in [-0.1, -0.05) is 22.0 Å². The predicted octanol–water partition coefficient (Wildman–Crippen LogP) is 3.88. The van der Waals surface area contributed by atoms with Crippen LogP contribution in [0, 0.1) is 6.92 Å². The molecule has 1 aromatic heterocycles. The molecule has 0 bridgehead atoms. The molecule has 2 N–H and O–H groups in total. The maximum atomic E-state index is 6.30. The molecule has 0 radical (unpaired) electrons. The molecule has 0 spiro atoms. The molecule has 0 amide bonds. The maximum absolute atomic E-state index is 6.30. The second-order valence-corrected chi connectivity index (χ2v) is 5.83. The first-order valence-corrected chi connectivity index (χ1v) is 6.93. The number of methoxy groups -OCH3 is 1. The van der Waals surface area contributed by atoms with Crippen LogP contribution in [0.3, 0.4) is 0 Å². The lowest BCUT2D eigenvalue weighted by Gasteiger charge is -2.16. The first kappa shape index (κ1) is 12.6. The number of halogens is 1. The van der Waals surface area contributed by atoms with Gasteiger partial charge in [-0.3, -0.25) is 0 Å². The van der Waals surface area contributed by atoms with Crippen LogP contribution in [-0.4, -0.2) is 7.11 Å². The van der Waals surface area contributed by atoms with Crippen molar-refractivity contribution >= 4 is 27.3 Å². The molecule has 1 unspecified atom stereocenters. The van der Waals surface area contributed by atoms with Gasteiger partial charge in [-0.15, -0.1) is 11.3 Å². The SMILES string of the molecule is COc1cc(Br)ccc1C(N)c1ccsc1C. The van der Waals surface area contributed by atoms with Gasteiger partial charge in [-0.05, 0) is 36.1 Å². The van der Waals surface area contributed by atoms with E-state index in [2.05, 4.69) is 34.3 Å². The van der Waals surface area contributed by atoms with Gasteiger partial charge in [-0.25, -0.2) is 0 Å². The van der Waals surface area contributed by atoms with Crippen LogP contribution < -0.4 is 10.5 Å². The van der Waals surface area contributed by atoms with Crippen LogP contribution >= 0.6 is 27.3 Å². The van der Waals surface area contributed by atoms with Gasteiger partial charge < -0.3 is 10.5 Å². The Kier molecular flexibility index (Phi) is 3.86. The molecule has 90 valence electrons. The molecule has 0 saturated carbocycles. The summed E-state index contributed by atoms with van der Waals surface area (Å²) in [7, 11) is 1.67. The van der Waals surface area contributed by atoms with Crippen molar-refractivity contribution in [3.63, 3.8) is 0 Å². The normalized spacial score (nSPS) is 12.5. The molecule has 0 aliphatic carbocycles. The summed E-state index contributed by atoms with van der Waals surface area (Å²) in [6.07, 6.45) is 0. The van der Waals surface area contributed by atoms with E-state index in [1.807, 2.05) is 18.2 Å². The van der Waals surface area contributed by atoms with Crippen LogP contribution in [0.5, 0.6) is 5.75 Å². The number of nitrogens with two attached hydrogens (primary N) is 1. The highest BCUT2D eigenvalue weighted by atomic mass is 79.9. The van der Waals surface area contributed by atoms with Gasteiger partial charge in [0.05, 0.1) is 13.2 Å². The Morgan fingerprint density at radius 3 is 2.65 bits per heavy atom. The van der Waals surface area contributed by atoms with E-state index in [9.17, 15) is 0 Å². The highest BCUT2D eigenvalue weighted by Gasteiger charge is 2.16. The van der Waals surface area contributed by atoms with Crippen LogP contribution in [0.2, 0.25) is 0 Å². The Morgan fingerprint density at radius 2 is 2.06 bits per heavy atom. The van der Waals surface area contributed by atoms with E-state index >= 15 is 0 Å². The molecule has 2 nitrogen and oxygen atoms in total. The van der Waals surface area contributed by atoms with E-state index in [0.29, 0.717) is 0 Å². The summed E-state index contributed by atoms with van der Waals surface area (Å²) < 4.78 is 6.37. The zero-order valence-electron chi connectivity index (χ0n) is 9.74. The van der Waals surface area contributed by atoms with Crippen molar-refractivity contribution in [2.75, 3.05) is 7.11 Å². The summed E-state index contributed by atoms with van der Waals surface area (Å²) in [6.45, 7) is 2.09. The summed E-state index contributed by atoms with van der Waals surface area (Å²) in [5.74, 6) is 0.817. The average Bonchev–Trinajstić information content (AvgIpc) is 2.74. The van der Waals surface area contributed by atoms with E-state index in [-0.39, 0.29) is 6.04 Å². The Morgan fingerprint density at radius 1 is 1.29 bits per heavy atom. The third-order valence-electron chi connectivity index (χ3n) is 2.76. The zero-order chi connectivity index (χ0) is 12.4. The van der Waals surface area contributed by atoms with Crippen molar-refractivity contribution in [1.29, 1.82) is 0 Å². The molecule has 0 aliphatic heterocycles. The van der Waals surface area contributed by atoms with Gasteiger partial charge in [0.15, 0.2) is 0 Å². The molecule has 1 atom stereocenters. The first-order valence-electron chi connectivity index (χ1n) is 5.26. The number of aryl methyl sites for hydroxylation is 1. The van der Waals surface area contributed by atoms with E-state index in [1.54, 1.807) is 18.4 Å². The van der Waals surface area contributed by atoms with Crippen molar-refractivity contribution < 1.29 is 4.74 Å². The smallest absolute Gasteiger partial charge is 0.125 e. The first-order chi connectivity index (χ1) is 8.13. The largest absolute Gasteiger partial charge is 0.496 e. The Balaban J connectivity index is 2.44. The lowest BCUT2D eigenvalue weighted by Crippen LogP contribution is -2.13. The van der Waals surface area contributed by atoms with Crippen molar-refractivity contribution in [3.05, 3.63) is 50.1 Å². The molecule has 0 saturated heterocycles. The summed E-state index contributed by atoms with van der Waals surface area (Å²) in [5, 5.41) is 2.07. The molecule has 1 heterocycles. The van der Waals surface area contributed by atoms with E-state index < -0.39 is 0 Å². The fourth-order valence-electron chi connectivity index (χ4n) is 1.83. The quantitative estimate of drug-likeness (QED) is 0.933. The molecule has 0 aliphatic rings. The molecule has 2 rings (SSSR count). The van der Waals surface area contributed by atoms with Crippen LogP contribution in [0.4, 0.5) is 0 Å². The minimum atomic E-state index is -0.135. The van der Waals surface area contributed by atoms with Crippen molar-refractivity contribution in [2.24, 2.45) is 5.73 Å². The predicted molar refractivity (Wildman–Crippen MR) is 75.8 cm³/mol. The minimum absolute atomic E-state index is 0.135. The van der Waals surface area contributed by atoms with E-state index in [4.69, 9.17) is 10.5 Å². The topological polar surface area (TPSA) is 35.2 Å². The molecule has 2 aromatic rings. The van der Waals surface area contributed by atoms with Crippen LogP contribution in [0.15, 0.2) is 34.1 Å². The van der Waals surface area contributed by atoms with Crippen LogP contribution in [0.25, 0.3) is 0 Å². The highest BCUT2D eigenvalue weighted by Crippen LogP contribution is 2.33. The van der Waals surface area contributed by atoms with Gasteiger partial charge >= 0.3 is 0 Å². The third-order valence-corrected chi connectivity index (χ3v) is 4.12. The number of hydrogen-bond donors (Lipinski definition) is 1. The fourth-order valence-corrected chi connectivity index (χ4v) is 2.92. The van der Waals surface area contributed by atoms with Gasteiger partial charge in [0, 0.05) is 14.9 Å². The maximum Gasteiger partial charge on any atom is 0.125 e. The standard InChI is InChI=1S/C13H14BrNOS/c1-8-10(5-6-17-8)13(15)11-4-3-9(14)7-12(11)16-2/h3-7,13H,15H2,1-2H3. The second kappa shape index (κ2) is 5.21. The monoisotopic (exact) mass is 311 g/mol.